The maximum absolute atomic E-state index is 13.7. The van der Waals surface area contributed by atoms with Gasteiger partial charge >= 0.3 is 0 Å². The van der Waals surface area contributed by atoms with Crippen LogP contribution in [0.3, 0.4) is 0 Å². The van der Waals surface area contributed by atoms with E-state index in [1.54, 1.807) is 6.07 Å². The van der Waals surface area contributed by atoms with E-state index in [0.717, 1.165) is 24.9 Å². The van der Waals surface area contributed by atoms with E-state index in [4.69, 9.17) is 0 Å². The molecule has 0 aliphatic heterocycles. The highest BCUT2D eigenvalue weighted by Crippen LogP contribution is 2.27. The Kier molecular flexibility index (Phi) is 5.95. The molecule has 0 saturated carbocycles. The molecule has 0 spiro atoms. The van der Waals surface area contributed by atoms with Crippen LogP contribution in [0.15, 0.2) is 46.9 Å². The summed E-state index contributed by atoms with van der Waals surface area (Å²) >= 11 is 3.37. The Labute approximate surface area is 134 Å². The fourth-order valence-corrected chi connectivity index (χ4v) is 3.09. The average molecular weight is 350 g/mol. The summed E-state index contributed by atoms with van der Waals surface area (Å²) in [6.45, 7) is 5.15. The van der Waals surface area contributed by atoms with Crippen molar-refractivity contribution in [2.75, 3.05) is 6.54 Å². The van der Waals surface area contributed by atoms with E-state index >= 15 is 0 Å². The van der Waals surface area contributed by atoms with E-state index in [1.807, 2.05) is 6.07 Å². The lowest BCUT2D eigenvalue weighted by molar-refractivity contribution is 0.541. The maximum Gasteiger partial charge on any atom is 0.137 e. The zero-order valence-corrected chi connectivity index (χ0v) is 14.1. The first-order valence-electron chi connectivity index (χ1n) is 7.41. The fraction of sp³-hybridized carbons (Fsp3) is 0.333. The number of hydrogen-bond acceptors (Lipinski definition) is 1. The molecule has 1 N–H and O–H groups in total. The van der Waals surface area contributed by atoms with Crippen LogP contribution in [0, 0.1) is 5.82 Å². The molecule has 0 amide bonds. The molecule has 2 aromatic rings. The van der Waals surface area contributed by atoms with E-state index < -0.39 is 0 Å². The molecule has 2 rings (SSSR count). The molecular weight excluding hydrogens is 329 g/mol. The minimum absolute atomic E-state index is 0.198. The van der Waals surface area contributed by atoms with Crippen molar-refractivity contribution in [1.29, 1.82) is 0 Å². The van der Waals surface area contributed by atoms with Crippen molar-refractivity contribution >= 4 is 15.9 Å². The van der Waals surface area contributed by atoms with Crippen molar-refractivity contribution in [2.24, 2.45) is 0 Å². The van der Waals surface area contributed by atoms with Gasteiger partial charge in [0.1, 0.15) is 5.82 Å². The van der Waals surface area contributed by atoms with Gasteiger partial charge in [-0.25, -0.2) is 4.39 Å². The Balaban J connectivity index is 2.33. The van der Waals surface area contributed by atoms with Gasteiger partial charge in [0.05, 0.1) is 4.47 Å². The molecular formula is C18H21BrFN. The van der Waals surface area contributed by atoms with Gasteiger partial charge in [0.2, 0.25) is 0 Å². The van der Waals surface area contributed by atoms with Gasteiger partial charge < -0.3 is 5.32 Å². The minimum Gasteiger partial charge on any atom is -0.310 e. The largest absolute Gasteiger partial charge is 0.310 e. The number of aryl methyl sites for hydroxylation is 1. The topological polar surface area (TPSA) is 12.0 Å². The van der Waals surface area contributed by atoms with Gasteiger partial charge in [-0.1, -0.05) is 50.2 Å². The standard InChI is InChI=1S/C18H21BrFN/c1-3-13-8-5-6-10-15(13)17(21-4-2)12-14-9-7-11-16(20)18(14)19/h5-11,17,21H,3-4,12H2,1-2H3. The summed E-state index contributed by atoms with van der Waals surface area (Å²) in [7, 11) is 0. The minimum atomic E-state index is -0.202. The number of likely N-dealkylation sites (N-methyl/N-ethyl adjacent to an activating group) is 1. The first-order valence-corrected chi connectivity index (χ1v) is 8.20. The van der Waals surface area contributed by atoms with Crippen molar-refractivity contribution in [3.63, 3.8) is 0 Å². The fourth-order valence-electron chi connectivity index (χ4n) is 2.66. The summed E-state index contributed by atoms with van der Waals surface area (Å²) in [5, 5.41) is 3.53. The van der Waals surface area contributed by atoms with E-state index in [9.17, 15) is 4.39 Å². The van der Waals surface area contributed by atoms with Crippen LogP contribution < -0.4 is 5.32 Å². The van der Waals surface area contributed by atoms with Crippen molar-refractivity contribution in [3.05, 3.63) is 69.4 Å². The predicted molar refractivity (Wildman–Crippen MR) is 90.0 cm³/mol. The number of halogens is 2. The smallest absolute Gasteiger partial charge is 0.137 e. The second-order valence-electron chi connectivity index (χ2n) is 5.08. The van der Waals surface area contributed by atoms with Crippen LogP contribution in [0.5, 0.6) is 0 Å². The number of nitrogens with one attached hydrogen (secondary N) is 1. The predicted octanol–water partition coefficient (Wildman–Crippen LogP) is 5.04. The molecule has 0 bridgehead atoms. The first-order chi connectivity index (χ1) is 10.2. The van der Waals surface area contributed by atoms with Crippen LogP contribution in [0.4, 0.5) is 4.39 Å². The third-order valence-corrected chi connectivity index (χ3v) is 4.61. The summed E-state index contributed by atoms with van der Waals surface area (Å²) in [5.74, 6) is -0.202. The molecule has 0 aliphatic rings. The van der Waals surface area contributed by atoms with Crippen molar-refractivity contribution < 1.29 is 4.39 Å². The summed E-state index contributed by atoms with van der Waals surface area (Å²) in [4.78, 5) is 0. The van der Waals surface area contributed by atoms with Gasteiger partial charge in [-0.3, -0.25) is 0 Å². The zero-order chi connectivity index (χ0) is 15.2. The van der Waals surface area contributed by atoms with Gasteiger partial charge in [-0.05, 0) is 58.1 Å². The van der Waals surface area contributed by atoms with Crippen LogP contribution in [-0.4, -0.2) is 6.54 Å². The molecule has 1 nitrogen and oxygen atoms in total. The lowest BCUT2D eigenvalue weighted by atomic mass is 9.93. The van der Waals surface area contributed by atoms with Crippen molar-refractivity contribution in [1.82, 2.24) is 5.32 Å². The van der Waals surface area contributed by atoms with Crippen molar-refractivity contribution in [3.8, 4) is 0 Å². The van der Waals surface area contributed by atoms with Crippen LogP contribution in [0.2, 0.25) is 0 Å². The molecule has 0 aromatic heterocycles. The van der Waals surface area contributed by atoms with Gasteiger partial charge in [-0.15, -0.1) is 0 Å². The van der Waals surface area contributed by atoms with E-state index in [2.05, 4.69) is 59.4 Å². The van der Waals surface area contributed by atoms with Gasteiger partial charge in [0.15, 0.2) is 0 Å². The molecule has 2 aromatic carbocycles. The normalized spacial score (nSPS) is 12.4. The highest BCUT2D eigenvalue weighted by Gasteiger charge is 2.16. The molecule has 0 saturated heterocycles. The third-order valence-electron chi connectivity index (χ3n) is 3.72. The maximum atomic E-state index is 13.7. The highest BCUT2D eigenvalue weighted by molar-refractivity contribution is 9.10. The van der Waals surface area contributed by atoms with E-state index in [1.165, 1.54) is 17.2 Å². The molecule has 21 heavy (non-hydrogen) atoms. The van der Waals surface area contributed by atoms with Gasteiger partial charge in [0, 0.05) is 6.04 Å². The Morgan fingerprint density at radius 2 is 1.76 bits per heavy atom. The number of rotatable bonds is 6. The first kappa shape index (κ1) is 16.2. The van der Waals surface area contributed by atoms with Crippen LogP contribution in [0.25, 0.3) is 0 Å². The summed E-state index contributed by atoms with van der Waals surface area (Å²) < 4.78 is 14.3. The quantitative estimate of drug-likeness (QED) is 0.769. The SMILES string of the molecule is CCNC(Cc1cccc(F)c1Br)c1ccccc1CC. The molecule has 0 aliphatic carbocycles. The molecule has 0 radical (unpaired) electrons. The second-order valence-corrected chi connectivity index (χ2v) is 5.87. The molecule has 112 valence electrons. The lowest BCUT2D eigenvalue weighted by Gasteiger charge is -2.22. The molecule has 1 unspecified atom stereocenters. The van der Waals surface area contributed by atoms with Crippen LogP contribution >= 0.6 is 15.9 Å². The van der Waals surface area contributed by atoms with E-state index in [0.29, 0.717) is 4.47 Å². The van der Waals surface area contributed by atoms with E-state index in [-0.39, 0.29) is 11.9 Å². The Morgan fingerprint density at radius 3 is 2.48 bits per heavy atom. The lowest BCUT2D eigenvalue weighted by Crippen LogP contribution is -2.24. The third kappa shape index (κ3) is 3.92. The molecule has 0 heterocycles. The molecule has 1 atom stereocenters. The average Bonchev–Trinajstić information content (AvgIpc) is 2.51. The van der Waals surface area contributed by atoms with Crippen LogP contribution in [0.1, 0.15) is 36.6 Å². The number of hydrogen-bond donors (Lipinski definition) is 1. The van der Waals surface area contributed by atoms with Gasteiger partial charge in [0.25, 0.3) is 0 Å². The Bertz CT molecular complexity index is 598. The monoisotopic (exact) mass is 349 g/mol. The van der Waals surface area contributed by atoms with Crippen LogP contribution in [-0.2, 0) is 12.8 Å². The van der Waals surface area contributed by atoms with Crippen molar-refractivity contribution in [2.45, 2.75) is 32.7 Å². The second kappa shape index (κ2) is 7.71. The summed E-state index contributed by atoms with van der Waals surface area (Å²) in [5.41, 5.74) is 3.64. The summed E-state index contributed by atoms with van der Waals surface area (Å²) in [6, 6.07) is 13.9. The Hall–Kier alpha value is -1.19. The molecule has 3 heteroatoms. The summed E-state index contributed by atoms with van der Waals surface area (Å²) in [6.07, 6.45) is 1.77. The molecule has 0 fully saturated rings. The number of benzene rings is 2. The Morgan fingerprint density at radius 1 is 1.05 bits per heavy atom. The highest BCUT2D eigenvalue weighted by atomic mass is 79.9. The zero-order valence-electron chi connectivity index (χ0n) is 12.5. The van der Waals surface area contributed by atoms with Gasteiger partial charge in [-0.2, -0.15) is 0 Å².